The zero-order chi connectivity index (χ0) is 45.1. The van der Waals surface area contributed by atoms with Crippen LogP contribution in [0.2, 0.25) is 0 Å². The number of hydrogen-bond acceptors (Lipinski definition) is 9. The second-order valence-corrected chi connectivity index (χ2v) is 17.5. The largest absolute Gasteiger partial charge is 0.494 e. The van der Waals surface area contributed by atoms with E-state index in [1.807, 2.05) is 78.3 Å². The van der Waals surface area contributed by atoms with E-state index in [1.54, 1.807) is 36.4 Å². The average molecular weight is 891 g/mol. The molecule has 1 amide bonds. The lowest BCUT2D eigenvalue weighted by molar-refractivity contribution is -0.539. The van der Waals surface area contributed by atoms with Crippen molar-refractivity contribution in [3.05, 3.63) is 173 Å². The molecule has 5 aromatic carbocycles. The molecule has 326 valence electrons. The molecule has 0 saturated heterocycles. The van der Waals surface area contributed by atoms with Crippen LogP contribution in [-0.2, 0) is 38.1 Å². The predicted molar refractivity (Wildman–Crippen MR) is 246 cm³/mol. The quantitative estimate of drug-likeness (QED) is 0.0288. The van der Waals surface area contributed by atoms with Crippen LogP contribution < -0.4 is 20.4 Å². The van der Waals surface area contributed by atoms with Crippen LogP contribution in [0.25, 0.3) is 5.57 Å². The normalized spacial score (nSPS) is 12.5. The smallest absolute Gasteiger partial charge is 0.488 e. The summed E-state index contributed by atoms with van der Waals surface area (Å²) in [4.78, 5) is 14.2. The van der Waals surface area contributed by atoms with Crippen molar-refractivity contribution in [3.8, 4) is 5.75 Å². The minimum absolute atomic E-state index is 0.0531. The van der Waals surface area contributed by atoms with Crippen molar-refractivity contribution in [2.75, 3.05) is 29.9 Å². The molecule has 0 unspecified atom stereocenters. The number of hydrogen-bond donors (Lipinski definition) is 5. The Morgan fingerprint density at radius 3 is 2.11 bits per heavy atom. The summed E-state index contributed by atoms with van der Waals surface area (Å²) in [6, 6.07) is 34.6. The molecule has 0 bridgehead atoms. The molecule has 5 N–H and O–H groups in total. The maximum atomic E-state index is 13.2. The zero-order valence-electron chi connectivity index (χ0n) is 34.8. The minimum atomic E-state index is -4.82. The molecule has 63 heavy (non-hydrogen) atoms. The van der Waals surface area contributed by atoms with Crippen LogP contribution in [-0.4, -0.2) is 79.0 Å². The molecular weight excluding hydrogens is 841 g/mol. The first-order chi connectivity index (χ1) is 30.1. The lowest BCUT2D eigenvalue weighted by Gasteiger charge is -2.24. The van der Waals surface area contributed by atoms with E-state index in [1.165, 1.54) is 30.3 Å². The Kier molecular flexibility index (Phi) is 15.3. The molecule has 0 aliphatic heterocycles. The summed E-state index contributed by atoms with van der Waals surface area (Å²) in [5.74, 6) is -0.165. The number of rotatable bonds is 18. The molecule has 0 aromatic heterocycles. The first-order valence-electron chi connectivity index (χ1n) is 20.3. The third kappa shape index (κ3) is 12.5. The summed E-state index contributed by atoms with van der Waals surface area (Å²) >= 11 is 0. The number of benzene rings is 5. The number of carbonyl (C=O) groups excluding carboxylic acids is 1. The van der Waals surface area contributed by atoms with Gasteiger partial charge in [0.2, 0.25) is 5.91 Å². The van der Waals surface area contributed by atoms with Gasteiger partial charge in [-0.2, -0.15) is 16.8 Å². The molecular formula is C47H49BN3O10S2+. The molecule has 0 spiro atoms. The highest BCUT2D eigenvalue weighted by molar-refractivity contribution is 7.86. The molecule has 1 aliphatic carbocycles. The van der Waals surface area contributed by atoms with Crippen LogP contribution in [0.15, 0.2) is 161 Å². The Hall–Kier alpha value is -6.14. The molecule has 13 nitrogen and oxygen atoms in total. The Bertz CT molecular complexity index is 2770. The molecule has 16 heteroatoms. The van der Waals surface area contributed by atoms with Gasteiger partial charge in [-0.1, -0.05) is 66.7 Å². The van der Waals surface area contributed by atoms with Crippen LogP contribution >= 0.6 is 0 Å². The molecule has 0 saturated carbocycles. The molecule has 0 fully saturated rings. The molecule has 0 heterocycles. The fraction of sp³-hybridized carbons (Fsp3) is 0.191. The summed E-state index contributed by atoms with van der Waals surface area (Å²) < 4.78 is 78.1. The van der Waals surface area contributed by atoms with Gasteiger partial charge in [-0.3, -0.25) is 13.9 Å². The van der Waals surface area contributed by atoms with E-state index >= 15 is 0 Å². The van der Waals surface area contributed by atoms with E-state index < -0.39 is 27.4 Å². The van der Waals surface area contributed by atoms with Crippen molar-refractivity contribution in [2.24, 2.45) is 0 Å². The SMILES string of the molecule is CCN(Cc1ccccc1)c1ccc(C(=C2C=CC(=[N+](CC)Cc3cccc(S(=O)(=O)O)c3)C=C2)c2ccc(OCCCC(=O)Nc3cccc(B(O)O)c3)cc2S(=O)(=O)O)cc1. The Morgan fingerprint density at radius 2 is 1.46 bits per heavy atom. The lowest BCUT2D eigenvalue weighted by Crippen LogP contribution is -2.30. The van der Waals surface area contributed by atoms with Gasteiger partial charge in [0.15, 0.2) is 12.3 Å². The van der Waals surface area contributed by atoms with Gasteiger partial charge in [-0.15, -0.1) is 0 Å². The highest BCUT2D eigenvalue weighted by Crippen LogP contribution is 2.36. The van der Waals surface area contributed by atoms with E-state index in [0.717, 1.165) is 23.5 Å². The lowest BCUT2D eigenvalue weighted by atomic mass is 9.80. The predicted octanol–water partition coefficient (Wildman–Crippen LogP) is 6.29. The maximum absolute atomic E-state index is 13.2. The first kappa shape index (κ1) is 46.4. The first-order valence-corrected chi connectivity index (χ1v) is 23.2. The van der Waals surface area contributed by atoms with Gasteiger partial charge < -0.3 is 25.0 Å². The van der Waals surface area contributed by atoms with Gasteiger partial charge in [0.1, 0.15) is 17.2 Å². The molecule has 6 rings (SSSR count). The second kappa shape index (κ2) is 20.8. The van der Waals surface area contributed by atoms with Gasteiger partial charge in [0, 0.05) is 60.2 Å². The van der Waals surface area contributed by atoms with E-state index in [9.17, 15) is 40.8 Å². The number of nitrogens with zero attached hydrogens (tertiary/aromatic N) is 2. The number of nitrogens with one attached hydrogen (secondary N) is 1. The molecule has 1 aliphatic rings. The van der Waals surface area contributed by atoms with Crippen molar-refractivity contribution >= 4 is 61.4 Å². The van der Waals surface area contributed by atoms with Crippen molar-refractivity contribution < 1.29 is 50.1 Å². The van der Waals surface area contributed by atoms with E-state index in [0.29, 0.717) is 47.6 Å². The molecule has 5 aromatic rings. The summed E-state index contributed by atoms with van der Waals surface area (Å²) in [5, 5.41) is 21.6. The Morgan fingerprint density at radius 1 is 0.762 bits per heavy atom. The minimum Gasteiger partial charge on any atom is -0.494 e. The standard InChI is InChI=1S/C47H48BN3O10S2/c1-3-50(32-34-11-6-5-7-12-34)40-22-18-36(19-23-40)47(37-20-24-41(25-21-37)51(4-2)33-35-13-8-16-43(29-35)62(55,56)57)44-27-26-42(31-45(44)63(58,59)60)61-28-10-17-46(52)49-39-15-9-14-38(30-39)48(53)54/h5-9,11-16,18-27,29-31,53-54H,3-4,10,17,28,32-33H2,1-2H3,(H2-,49,52,55,56,57,58,59,60)/p+1. The Labute approximate surface area is 368 Å². The van der Waals surface area contributed by atoms with Gasteiger partial charge in [0.25, 0.3) is 20.2 Å². The second-order valence-electron chi connectivity index (χ2n) is 14.7. The summed E-state index contributed by atoms with van der Waals surface area (Å²) in [6.45, 7) is 6.41. The third-order valence-corrected chi connectivity index (χ3v) is 12.1. The van der Waals surface area contributed by atoms with Gasteiger partial charge in [-0.25, -0.2) is 4.58 Å². The number of ether oxygens (including phenoxy) is 1. The average Bonchev–Trinajstić information content (AvgIpc) is 3.27. The summed E-state index contributed by atoms with van der Waals surface area (Å²) in [7, 11) is -10.9. The number of carbonyl (C=O) groups is 1. The van der Waals surface area contributed by atoms with Crippen LogP contribution in [0.4, 0.5) is 11.4 Å². The molecule has 0 radical (unpaired) electrons. The van der Waals surface area contributed by atoms with Crippen LogP contribution in [0, 0.1) is 0 Å². The maximum Gasteiger partial charge on any atom is 0.488 e. The fourth-order valence-corrected chi connectivity index (χ4v) is 8.45. The monoisotopic (exact) mass is 890 g/mol. The topological polar surface area (TPSA) is 194 Å². The van der Waals surface area contributed by atoms with Crippen LogP contribution in [0.5, 0.6) is 5.75 Å². The van der Waals surface area contributed by atoms with Crippen molar-refractivity contribution in [2.45, 2.75) is 49.6 Å². The number of amides is 1. The Balaban J connectivity index is 1.31. The van der Waals surface area contributed by atoms with Gasteiger partial charge in [-0.05, 0) is 109 Å². The summed E-state index contributed by atoms with van der Waals surface area (Å²) in [6.07, 6.45) is 7.81. The fourth-order valence-electron chi connectivity index (χ4n) is 7.19. The highest BCUT2D eigenvalue weighted by atomic mass is 32.2. The van der Waals surface area contributed by atoms with Crippen molar-refractivity contribution in [1.82, 2.24) is 0 Å². The highest BCUT2D eigenvalue weighted by Gasteiger charge is 2.24. The third-order valence-electron chi connectivity index (χ3n) is 10.4. The van der Waals surface area contributed by atoms with Crippen LogP contribution in [0.1, 0.15) is 48.9 Å². The summed E-state index contributed by atoms with van der Waals surface area (Å²) in [5.41, 5.74) is 6.30. The van der Waals surface area contributed by atoms with E-state index in [2.05, 4.69) is 29.3 Å². The van der Waals surface area contributed by atoms with Crippen molar-refractivity contribution in [3.63, 3.8) is 0 Å². The molecule has 0 atom stereocenters. The zero-order valence-corrected chi connectivity index (χ0v) is 36.5. The van der Waals surface area contributed by atoms with E-state index in [-0.39, 0.29) is 51.9 Å². The number of anilines is 2. The van der Waals surface area contributed by atoms with Gasteiger partial charge >= 0.3 is 7.12 Å². The van der Waals surface area contributed by atoms with Crippen LogP contribution in [0.3, 0.4) is 0 Å². The van der Waals surface area contributed by atoms with Gasteiger partial charge in [0.05, 0.1) is 11.5 Å². The van der Waals surface area contributed by atoms with E-state index in [4.69, 9.17) is 4.74 Å². The van der Waals surface area contributed by atoms with Crippen molar-refractivity contribution in [1.29, 1.82) is 0 Å². The number of allylic oxidation sites excluding steroid dienone is 5.